The van der Waals surface area contributed by atoms with Crippen molar-refractivity contribution in [2.45, 2.75) is 12.3 Å². The van der Waals surface area contributed by atoms with Gasteiger partial charge in [-0.05, 0) is 41.5 Å². The minimum atomic E-state index is -0.893. The Hall–Kier alpha value is -2.69. The van der Waals surface area contributed by atoms with Crippen molar-refractivity contribution in [3.8, 4) is 0 Å². The summed E-state index contributed by atoms with van der Waals surface area (Å²) in [6.07, 6.45) is 2.97. The molecule has 0 saturated carbocycles. The molecule has 0 spiro atoms. The van der Waals surface area contributed by atoms with E-state index in [1.165, 1.54) is 12.1 Å². The SMILES string of the molecule is Fc1cc2c(cc1F)N1c3ccccc3C=C[C@@H]1O[C@@H]2c1ccc(Cl)cc1. The maximum Gasteiger partial charge on any atom is 0.160 e. The van der Waals surface area contributed by atoms with E-state index in [0.29, 0.717) is 16.3 Å². The van der Waals surface area contributed by atoms with E-state index >= 15 is 0 Å². The molecule has 134 valence electrons. The molecule has 5 heteroatoms. The quantitative estimate of drug-likeness (QED) is 0.495. The summed E-state index contributed by atoms with van der Waals surface area (Å²) in [5.41, 5.74) is 3.91. The average Bonchev–Trinajstić information content (AvgIpc) is 2.69. The van der Waals surface area contributed by atoms with Gasteiger partial charge in [-0.1, -0.05) is 48.0 Å². The molecule has 2 atom stereocenters. The molecule has 3 aromatic rings. The summed E-state index contributed by atoms with van der Waals surface area (Å²) in [4.78, 5) is 1.90. The van der Waals surface area contributed by atoms with Gasteiger partial charge in [-0.3, -0.25) is 0 Å². The minimum Gasteiger partial charge on any atom is -0.342 e. The fourth-order valence-electron chi connectivity index (χ4n) is 3.71. The lowest BCUT2D eigenvalue weighted by atomic mass is 9.94. The van der Waals surface area contributed by atoms with Crippen LogP contribution in [-0.2, 0) is 4.74 Å². The third-order valence-electron chi connectivity index (χ3n) is 4.95. The summed E-state index contributed by atoms with van der Waals surface area (Å²) < 4.78 is 34.5. The molecule has 0 saturated heterocycles. The number of benzene rings is 3. The first kappa shape index (κ1) is 16.5. The molecule has 0 radical (unpaired) electrons. The minimum absolute atomic E-state index is 0.419. The molecule has 3 aromatic carbocycles. The van der Waals surface area contributed by atoms with Gasteiger partial charge in [0.15, 0.2) is 17.9 Å². The van der Waals surface area contributed by atoms with Crippen LogP contribution in [0.25, 0.3) is 6.08 Å². The van der Waals surface area contributed by atoms with E-state index in [1.54, 1.807) is 12.1 Å². The lowest BCUT2D eigenvalue weighted by molar-refractivity contribution is 0.0298. The molecule has 0 amide bonds. The van der Waals surface area contributed by atoms with Crippen LogP contribution in [0.4, 0.5) is 20.2 Å². The van der Waals surface area contributed by atoms with Crippen LogP contribution >= 0.6 is 11.6 Å². The molecule has 0 aliphatic carbocycles. The second-order valence-electron chi connectivity index (χ2n) is 6.57. The molecular weight excluding hydrogens is 368 g/mol. The topological polar surface area (TPSA) is 12.5 Å². The highest BCUT2D eigenvalue weighted by Gasteiger charge is 2.37. The molecule has 2 nitrogen and oxygen atoms in total. The zero-order chi connectivity index (χ0) is 18.5. The number of halogens is 3. The van der Waals surface area contributed by atoms with E-state index in [9.17, 15) is 8.78 Å². The third kappa shape index (κ3) is 2.64. The summed E-state index contributed by atoms with van der Waals surface area (Å²) in [7, 11) is 0. The predicted molar refractivity (Wildman–Crippen MR) is 102 cm³/mol. The average molecular weight is 382 g/mol. The fourth-order valence-corrected chi connectivity index (χ4v) is 3.83. The number of para-hydroxylation sites is 1. The number of ether oxygens (including phenoxy) is 1. The first-order valence-electron chi connectivity index (χ1n) is 8.58. The summed E-state index contributed by atoms with van der Waals surface area (Å²) >= 11 is 5.99. The smallest absolute Gasteiger partial charge is 0.160 e. The molecule has 5 rings (SSSR count). The lowest BCUT2D eigenvalue weighted by Crippen LogP contribution is -2.40. The normalized spacial score (nSPS) is 20.0. The van der Waals surface area contributed by atoms with Crippen molar-refractivity contribution in [1.29, 1.82) is 0 Å². The molecule has 2 heterocycles. The van der Waals surface area contributed by atoms with Crippen molar-refractivity contribution in [1.82, 2.24) is 0 Å². The molecule has 2 aliphatic rings. The Bertz CT molecular complexity index is 1060. The Morgan fingerprint density at radius 2 is 1.63 bits per heavy atom. The Morgan fingerprint density at radius 1 is 0.889 bits per heavy atom. The van der Waals surface area contributed by atoms with Gasteiger partial charge < -0.3 is 9.64 Å². The van der Waals surface area contributed by atoms with Crippen LogP contribution in [0, 0.1) is 11.6 Å². The van der Waals surface area contributed by atoms with Crippen molar-refractivity contribution in [3.05, 3.63) is 100 Å². The molecule has 27 heavy (non-hydrogen) atoms. The van der Waals surface area contributed by atoms with Gasteiger partial charge in [0.2, 0.25) is 0 Å². The van der Waals surface area contributed by atoms with Gasteiger partial charge in [0.1, 0.15) is 6.10 Å². The maximum atomic E-state index is 14.1. The van der Waals surface area contributed by atoms with E-state index < -0.39 is 24.0 Å². The van der Waals surface area contributed by atoms with E-state index in [0.717, 1.165) is 16.8 Å². The predicted octanol–water partition coefficient (Wildman–Crippen LogP) is 6.23. The summed E-state index contributed by atoms with van der Waals surface area (Å²) in [6, 6.07) is 17.5. The van der Waals surface area contributed by atoms with E-state index in [-0.39, 0.29) is 0 Å². The van der Waals surface area contributed by atoms with Crippen LogP contribution in [0.2, 0.25) is 5.02 Å². The van der Waals surface area contributed by atoms with Crippen molar-refractivity contribution in [3.63, 3.8) is 0 Å². The van der Waals surface area contributed by atoms with E-state index in [1.807, 2.05) is 53.5 Å². The Morgan fingerprint density at radius 3 is 2.44 bits per heavy atom. The second-order valence-corrected chi connectivity index (χ2v) is 7.01. The van der Waals surface area contributed by atoms with Crippen molar-refractivity contribution in [2.24, 2.45) is 0 Å². The van der Waals surface area contributed by atoms with Gasteiger partial charge in [-0.2, -0.15) is 0 Å². The van der Waals surface area contributed by atoms with Crippen LogP contribution in [-0.4, -0.2) is 6.23 Å². The van der Waals surface area contributed by atoms with E-state index in [4.69, 9.17) is 16.3 Å². The molecule has 0 N–H and O–H groups in total. The van der Waals surface area contributed by atoms with Crippen LogP contribution in [0.15, 0.2) is 66.7 Å². The highest BCUT2D eigenvalue weighted by atomic mass is 35.5. The van der Waals surface area contributed by atoms with Crippen LogP contribution in [0.5, 0.6) is 0 Å². The summed E-state index contributed by atoms with van der Waals surface area (Å²) in [5.74, 6) is -1.77. The first-order chi connectivity index (χ1) is 13.1. The molecule has 0 bridgehead atoms. The standard InChI is InChI=1S/C22H14ClF2NO/c23-15-8-5-14(6-9-15)22-16-11-17(24)18(25)12-20(16)26-19-4-2-1-3-13(19)7-10-21(26)27-22/h1-12,21-22H/t21-,22+/m0/s1. The molecule has 0 fully saturated rings. The van der Waals surface area contributed by atoms with Gasteiger partial charge in [0, 0.05) is 16.7 Å². The Balaban J connectivity index is 1.72. The zero-order valence-corrected chi connectivity index (χ0v) is 14.8. The molecule has 0 aromatic heterocycles. The van der Waals surface area contributed by atoms with Gasteiger partial charge in [-0.15, -0.1) is 0 Å². The van der Waals surface area contributed by atoms with Crippen LogP contribution < -0.4 is 4.90 Å². The summed E-state index contributed by atoms with van der Waals surface area (Å²) in [6.45, 7) is 0. The third-order valence-corrected chi connectivity index (χ3v) is 5.20. The number of hydrogen-bond acceptors (Lipinski definition) is 2. The molecule has 2 aliphatic heterocycles. The number of rotatable bonds is 1. The number of nitrogens with zero attached hydrogens (tertiary/aromatic N) is 1. The Labute approximate surface area is 160 Å². The molecule has 0 unspecified atom stereocenters. The maximum absolute atomic E-state index is 14.1. The van der Waals surface area contributed by atoms with Crippen LogP contribution in [0.3, 0.4) is 0 Å². The van der Waals surface area contributed by atoms with E-state index in [2.05, 4.69) is 0 Å². The zero-order valence-electron chi connectivity index (χ0n) is 14.1. The van der Waals surface area contributed by atoms with Crippen LogP contribution in [0.1, 0.15) is 22.8 Å². The van der Waals surface area contributed by atoms with Gasteiger partial charge in [-0.25, -0.2) is 8.78 Å². The fraction of sp³-hybridized carbons (Fsp3) is 0.0909. The number of fused-ring (bicyclic) bond motifs is 5. The molecular formula is C22H14ClF2NO. The highest BCUT2D eigenvalue weighted by molar-refractivity contribution is 6.30. The first-order valence-corrected chi connectivity index (χ1v) is 8.96. The largest absolute Gasteiger partial charge is 0.342 e. The van der Waals surface area contributed by atoms with Gasteiger partial charge >= 0.3 is 0 Å². The second kappa shape index (κ2) is 6.19. The highest BCUT2D eigenvalue weighted by Crippen LogP contribution is 2.47. The Kier molecular flexibility index (Phi) is 3.78. The lowest BCUT2D eigenvalue weighted by Gasteiger charge is -2.43. The summed E-state index contributed by atoms with van der Waals surface area (Å²) in [5, 5.41) is 0.605. The van der Waals surface area contributed by atoms with Crippen molar-refractivity contribution < 1.29 is 13.5 Å². The van der Waals surface area contributed by atoms with Crippen molar-refractivity contribution in [2.75, 3.05) is 4.90 Å². The number of anilines is 2. The van der Waals surface area contributed by atoms with Gasteiger partial charge in [0.05, 0.1) is 11.4 Å². The number of hydrogen-bond donors (Lipinski definition) is 0. The van der Waals surface area contributed by atoms with Crippen molar-refractivity contribution >= 4 is 29.1 Å². The van der Waals surface area contributed by atoms with Gasteiger partial charge in [0.25, 0.3) is 0 Å². The monoisotopic (exact) mass is 381 g/mol.